The minimum Gasteiger partial charge on any atom is -0.325 e. The molecule has 0 aliphatic carbocycles. The van der Waals surface area contributed by atoms with Gasteiger partial charge in [0.2, 0.25) is 5.91 Å². The average Bonchev–Trinajstić information content (AvgIpc) is 3.39. The molecule has 7 heteroatoms. The van der Waals surface area contributed by atoms with E-state index in [0.717, 1.165) is 43.7 Å². The molecule has 1 unspecified atom stereocenters. The molecular weight excluding hydrogens is 340 g/mol. The molecule has 0 spiro atoms. The lowest BCUT2D eigenvalue weighted by Crippen LogP contribution is -2.40. The fraction of sp³-hybridized carbons (Fsp3) is 0.300. The van der Waals surface area contributed by atoms with Gasteiger partial charge in [-0.25, -0.2) is 4.68 Å². The second-order valence-electron chi connectivity index (χ2n) is 6.72. The van der Waals surface area contributed by atoms with Crippen LogP contribution in [0.2, 0.25) is 0 Å². The van der Waals surface area contributed by atoms with Crippen molar-refractivity contribution in [3.05, 3.63) is 66.5 Å². The number of aromatic nitrogens is 4. The van der Waals surface area contributed by atoms with E-state index < -0.39 is 0 Å². The van der Waals surface area contributed by atoms with Gasteiger partial charge in [-0.1, -0.05) is 36.4 Å². The van der Waals surface area contributed by atoms with E-state index in [1.807, 2.05) is 30.3 Å². The minimum absolute atomic E-state index is 0.0504. The standard InChI is InChI=1S/C20H22N6O/c27-20(22-17-8-4-9-18(14-17)26-15-21-23-24-26)19-10-5-12-25(19)13-11-16-6-2-1-3-7-16/h1-4,6-9,14-15,19H,5,10-13H2,(H,22,27). The molecule has 3 aromatic rings. The van der Waals surface area contributed by atoms with Crippen LogP contribution in [0.3, 0.4) is 0 Å². The van der Waals surface area contributed by atoms with Gasteiger partial charge in [0, 0.05) is 12.2 Å². The monoisotopic (exact) mass is 362 g/mol. The number of anilines is 1. The molecule has 2 aromatic carbocycles. The molecule has 138 valence electrons. The second-order valence-corrected chi connectivity index (χ2v) is 6.72. The molecule has 0 bridgehead atoms. The Balaban J connectivity index is 1.39. The molecule has 1 N–H and O–H groups in total. The van der Waals surface area contributed by atoms with Crippen LogP contribution in [0.4, 0.5) is 5.69 Å². The van der Waals surface area contributed by atoms with Gasteiger partial charge in [-0.15, -0.1) is 5.10 Å². The number of carbonyl (C=O) groups excluding carboxylic acids is 1. The van der Waals surface area contributed by atoms with Gasteiger partial charge < -0.3 is 5.32 Å². The lowest BCUT2D eigenvalue weighted by molar-refractivity contribution is -0.120. The van der Waals surface area contributed by atoms with Crippen molar-refractivity contribution < 1.29 is 4.79 Å². The SMILES string of the molecule is O=C(Nc1cccc(-n2cnnn2)c1)C1CCCN1CCc1ccccc1. The molecule has 2 heterocycles. The summed E-state index contributed by atoms with van der Waals surface area (Å²) in [5.74, 6) is 0.0504. The topological polar surface area (TPSA) is 75.9 Å². The van der Waals surface area contributed by atoms with E-state index in [9.17, 15) is 4.79 Å². The zero-order chi connectivity index (χ0) is 18.5. The summed E-state index contributed by atoms with van der Waals surface area (Å²) in [6, 6.07) is 17.9. The average molecular weight is 362 g/mol. The summed E-state index contributed by atoms with van der Waals surface area (Å²) < 4.78 is 1.57. The highest BCUT2D eigenvalue weighted by molar-refractivity contribution is 5.95. The fourth-order valence-electron chi connectivity index (χ4n) is 3.54. The maximum atomic E-state index is 12.8. The number of rotatable bonds is 6. The number of nitrogens with zero attached hydrogens (tertiary/aromatic N) is 5. The molecule has 1 amide bonds. The van der Waals surface area contributed by atoms with Crippen LogP contribution < -0.4 is 5.32 Å². The summed E-state index contributed by atoms with van der Waals surface area (Å²) in [7, 11) is 0. The van der Waals surface area contributed by atoms with Crippen molar-refractivity contribution in [2.75, 3.05) is 18.4 Å². The number of tetrazole rings is 1. The molecule has 0 saturated carbocycles. The number of hydrogen-bond donors (Lipinski definition) is 1. The molecule has 7 nitrogen and oxygen atoms in total. The second kappa shape index (κ2) is 8.09. The van der Waals surface area contributed by atoms with Crippen LogP contribution in [0, 0.1) is 0 Å². The van der Waals surface area contributed by atoms with Gasteiger partial charge in [0.05, 0.1) is 11.7 Å². The Bertz CT molecular complexity index is 881. The van der Waals surface area contributed by atoms with Crippen LogP contribution in [-0.4, -0.2) is 50.1 Å². The van der Waals surface area contributed by atoms with E-state index in [1.165, 1.54) is 11.9 Å². The molecular formula is C20H22N6O. The van der Waals surface area contributed by atoms with Gasteiger partial charge in [-0.05, 0) is 60.0 Å². The first-order valence-corrected chi connectivity index (χ1v) is 9.22. The first-order chi connectivity index (χ1) is 13.3. The van der Waals surface area contributed by atoms with E-state index in [0.29, 0.717) is 0 Å². The molecule has 1 aliphatic heterocycles. The van der Waals surface area contributed by atoms with Crippen LogP contribution in [0.15, 0.2) is 60.9 Å². The molecule has 4 rings (SSSR count). The molecule has 0 radical (unpaired) electrons. The minimum atomic E-state index is -0.0783. The van der Waals surface area contributed by atoms with Crippen molar-refractivity contribution in [2.24, 2.45) is 0 Å². The highest BCUT2D eigenvalue weighted by Crippen LogP contribution is 2.21. The highest BCUT2D eigenvalue weighted by atomic mass is 16.2. The van der Waals surface area contributed by atoms with E-state index in [-0.39, 0.29) is 11.9 Å². The van der Waals surface area contributed by atoms with E-state index in [1.54, 1.807) is 4.68 Å². The molecule has 1 saturated heterocycles. The van der Waals surface area contributed by atoms with Gasteiger partial charge >= 0.3 is 0 Å². The first-order valence-electron chi connectivity index (χ1n) is 9.22. The molecule has 1 aromatic heterocycles. The maximum Gasteiger partial charge on any atom is 0.241 e. The summed E-state index contributed by atoms with van der Waals surface area (Å²) in [6.07, 6.45) is 4.44. The number of amides is 1. The largest absolute Gasteiger partial charge is 0.325 e. The summed E-state index contributed by atoms with van der Waals surface area (Å²) in [5, 5.41) is 14.2. The summed E-state index contributed by atoms with van der Waals surface area (Å²) in [5.41, 5.74) is 2.87. The Hall–Kier alpha value is -3.06. The summed E-state index contributed by atoms with van der Waals surface area (Å²) in [6.45, 7) is 1.86. The Kier molecular flexibility index (Phi) is 5.20. The fourth-order valence-corrected chi connectivity index (χ4v) is 3.54. The van der Waals surface area contributed by atoms with Crippen molar-refractivity contribution in [2.45, 2.75) is 25.3 Å². The van der Waals surface area contributed by atoms with Gasteiger partial charge in [0.1, 0.15) is 6.33 Å². The molecule has 1 atom stereocenters. The Morgan fingerprint density at radius 3 is 2.85 bits per heavy atom. The van der Waals surface area contributed by atoms with Crippen molar-refractivity contribution in [3.63, 3.8) is 0 Å². The number of benzene rings is 2. The van der Waals surface area contributed by atoms with E-state index >= 15 is 0 Å². The van der Waals surface area contributed by atoms with Gasteiger partial charge in [-0.2, -0.15) is 0 Å². The number of carbonyl (C=O) groups is 1. The number of nitrogens with one attached hydrogen (secondary N) is 1. The smallest absolute Gasteiger partial charge is 0.241 e. The van der Waals surface area contributed by atoms with Crippen LogP contribution >= 0.6 is 0 Å². The lowest BCUT2D eigenvalue weighted by atomic mass is 10.1. The van der Waals surface area contributed by atoms with Crippen molar-refractivity contribution in [1.29, 1.82) is 0 Å². The third-order valence-corrected chi connectivity index (χ3v) is 4.92. The Labute approximate surface area is 158 Å². The third kappa shape index (κ3) is 4.20. The highest BCUT2D eigenvalue weighted by Gasteiger charge is 2.30. The van der Waals surface area contributed by atoms with Crippen molar-refractivity contribution in [1.82, 2.24) is 25.1 Å². The van der Waals surface area contributed by atoms with E-state index in [2.05, 4.69) is 50.0 Å². The van der Waals surface area contributed by atoms with Crippen molar-refractivity contribution >= 4 is 11.6 Å². The molecule has 27 heavy (non-hydrogen) atoms. The maximum absolute atomic E-state index is 12.8. The van der Waals surface area contributed by atoms with Crippen LogP contribution in [0.1, 0.15) is 18.4 Å². The first kappa shape index (κ1) is 17.4. The van der Waals surface area contributed by atoms with Crippen LogP contribution in [-0.2, 0) is 11.2 Å². The zero-order valence-electron chi connectivity index (χ0n) is 15.0. The number of likely N-dealkylation sites (tertiary alicyclic amines) is 1. The van der Waals surface area contributed by atoms with Gasteiger partial charge in [0.15, 0.2) is 0 Å². The predicted molar refractivity (Wildman–Crippen MR) is 103 cm³/mol. The Morgan fingerprint density at radius 2 is 2.04 bits per heavy atom. The van der Waals surface area contributed by atoms with Crippen molar-refractivity contribution in [3.8, 4) is 5.69 Å². The van der Waals surface area contributed by atoms with Gasteiger partial charge in [-0.3, -0.25) is 9.69 Å². The summed E-state index contributed by atoms with van der Waals surface area (Å²) in [4.78, 5) is 15.1. The quantitative estimate of drug-likeness (QED) is 0.728. The van der Waals surface area contributed by atoms with Crippen LogP contribution in [0.25, 0.3) is 5.69 Å². The zero-order valence-corrected chi connectivity index (χ0v) is 15.0. The van der Waals surface area contributed by atoms with E-state index in [4.69, 9.17) is 0 Å². The number of hydrogen-bond acceptors (Lipinski definition) is 5. The lowest BCUT2D eigenvalue weighted by Gasteiger charge is -2.23. The summed E-state index contributed by atoms with van der Waals surface area (Å²) >= 11 is 0. The predicted octanol–water partition coefficient (Wildman–Crippen LogP) is 2.31. The Morgan fingerprint density at radius 1 is 1.15 bits per heavy atom. The normalized spacial score (nSPS) is 17.1. The molecule has 1 fully saturated rings. The third-order valence-electron chi connectivity index (χ3n) is 4.92. The molecule has 1 aliphatic rings. The van der Waals surface area contributed by atoms with Crippen LogP contribution in [0.5, 0.6) is 0 Å². The van der Waals surface area contributed by atoms with Gasteiger partial charge in [0.25, 0.3) is 0 Å².